The molecule has 1 saturated heterocycles. The highest BCUT2D eigenvalue weighted by atomic mass is 16.7. The molecule has 4 aliphatic carbocycles. The smallest absolute Gasteiger partial charge is 0.305 e. The summed E-state index contributed by atoms with van der Waals surface area (Å²) < 4.78 is 18.0. The van der Waals surface area contributed by atoms with E-state index in [1.54, 1.807) is 0 Å². The van der Waals surface area contributed by atoms with Gasteiger partial charge in [0.25, 0.3) is 0 Å². The van der Waals surface area contributed by atoms with Crippen LogP contribution in [0.15, 0.2) is 36.0 Å². The average molecular weight is 783 g/mol. The molecule has 0 spiro atoms. The quantitative estimate of drug-likeness (QED) is 0.0605. The van der Waals surface area contributed by atoms with E-state index in [-0.39, 0.29) is 24.1 Å². The van der Waals surface area contributed by atoms with E-state index in [9.17, 15) is 20.1 Å². The van der Waals surface area contributed by atoms with E-state index < -0.39 is 30.7 Å². The molecule has 5 aliphatic rings. The minimum absolute atomic E-state index is 0.144. The van der Waals surface area contributed by atoms with Crippen molar-refractivity contribution in [3.05, 3.63) is 36.0 Å². The Kier molecular flexibility index (Phi) is 17.6. The summed E-state index contributed by atoms with van der Waals surface area (Å²) in [5.41, 5.74) is 2.13. The van der Waals surface area contributed by atoms with E-state index in [4.69, 9.17) is 14.2 Å². The highest BCUT2D eigenvalue weighted by molar-refractivity contribution is 5.69. The Bertz CT molecular complexity index is 1290. The maximum atomic E-state index is 12.6. The molecule has 3 unspecified atom stereocenters. The number of carbonyl (C=O) groups excluding carboxylic acids is 1. The van der Waals surface area contributed by atoms with Gasteiger partial charge in [0, 0.05) is 6.42 Å². The predicted molar refractivity (Wildman–Crippen MR) is 226 cm³/mol. The lowest BCUT2D eigenvalue weighted by molar-refractivity contribution is -0.313. The second-order valence-corrected chi connectivity index (χ2v) is 19.8. The van der Waals surface area contributed by atoms with Crippen LogP contribution in [0, 0.1) is 46.3 Å². The molecule has 13 atom stereocenters. The third-order valence-electron chi connectivity index (χ3n) is 15.5. The summed E-state index contributed by atoms with van der Waals surface area (Å²) in [6.07, 6.45) is 28.4. The van der Waals surface area contributed by atoms with Crippen molar-refractivity contribution >= 4 is 5.97 Å². The molecule has 56 heavy (non-hydrogen) atoms. The lowest BCUT2D eigenvalue weighted by atomic mass is 9.47. The number of aliphatic hydroxyl groups excluding tert-OH is 3. The van der Waals surface area contributed by atoms with Crippen LogP contribution in [-0.2, 0) is 19.0 Å². The third kappa shape index (κ3) is 11.4. The molecule has 0 amide bonds. The molecule has 0 aromatic carbocycles. The molecular weight excluding hydrogens is 701 g/mol. The van der Waals surface area contributed by atoms with Gasteiger partial charge in [0.05, 0.1) is 6.10 Å². The Morgan fingerprint density at radius 3 is 2.34 bits per heavy atom. The topological polar surface area (TPSA) is 105 Å². The molecule has 0 radical (unpaired) electrons. The number of fused-ring (bicyclic) bond motifs is 5. The summed E-state index contributed by atoms with van der Waals surface area (Å²) in [4.78, 5) is 12.6. The molecule has 1 heterocycles. The van der Waals surface area contributed by atoms with Crippen LogP contribution in [0.25, 0.3) is 0 Å². The lowest BCUT2D eigenvalue weighted by Crippen LogP contribution is -2.60. The number of ether oxygens (including phenoxy) is 3. The van der Waals surface area contributed by atoms with Crippen molar-refractivity contribution in [3.8, 4) is 0 Å². The maximum Gasteiger partial charge on any atom is 0.305 e. The van der Waals surface area contributed by atoms with Crippen LogP contribution in [-0.4, -0.2) is 64.7 Å². The summed E-state index contributed by atoms with van der Waals surface area (Å²) in [6.45, 7) is 14.5. The lowest BCUT2D eigenvalue weighted by Gasteiger charge is -2.58. The molecule has 7 heteroatoms. The number of hydrogen-bond acceptors (Lipinski definition) is 7. The molecule has 4 fully saturated rings. The zero-order chi connectivity index (χ0) is 40.3. The zero-order valence-corrected chi connectivity index (χ0v) is 36.3. The van der Waals surface area contributed by atoms with E-state index >= 15 is 0 Å². The third-order valence-corrected chi connectivity index (χ3v) is 15.5. The molecule has 5 rings (SSSR count). The first-order valence-electron chi connectivity index (χ1n) is 23.4. The van der Waals surface area contributed by atoms with E-state index in [2.05, 4.69) is 71.9 Å². The van der Waals surface area contributed by atoms with Crippen molar-refractivity contribution in [2.45, 2.75) is 213 Å². The minimum atomic E-state index is -1.45. The molecule has 3 N–H and O–H groups in total. The number of allylic oxidation sites excluding steroid dienone is 5. The van der Waals surface area contributed by atoms with Crippen molar-refractivity contribution in [1.29, 1.82) is 0 Å². The first-order chi connectivity index (χ1) is 26.9. The van der Waals surface area contributed by atoms with E-state index in [0.29, 0.717) is 17.8 Å². The van der Waals surface area contributed by atoms with Crippen molar-refractivity contribution in [3.63, 3.8) is 0 Å². The number of esters is 1. The van der Waals surface area contributed by atoms with Crippen LogP contribution < -0.4 is 0 Å². The second kappa shape index (κ2) is 21.7. The molecule has 3 saturated carbocycles. The standard InChI is InChI=1S/C49H82O7/c1-7-8-9-10-11-12-13-14-15-16-17-18-19-23-43(50)54-33-42-44(51)45(52)46(53)47(56-42)55-37-28-30-48(5)36(32-37)24-25-38-40-27-26-39(35(4)22-20-21-34(2)3)49(40,6)31-29-41(38)48/h11-12,14-15,24,34-35,37-42,44-47,51-53H,7-10,13,16-23,25-33H2,1-6H3/b12-11-,15-14-/t35-,37+,38+,39-,40+,41+,42?,44-,45?,46?,47-,48+,49-/m1/s1. The second-order valence-electron chi connectivity index (χ2n) is 19.8. The summed E-state index contributed by atoms with van der Waals surface area (Å²) in [5, 5.41) is 32.4. The van der Waals surface area contributed by atoms with Gasteiger partial charge in [-0.3, -0.25) is 4.79 Å². The van der Waals surface area contributed by atoms with Crippen molar-refractivity contribution in [1.82, 2.24) is 0 Å². The molecule has 0 aromatic rings. The van der Waals surface area contributed by atoms with Gasteiger partial charge >= 0.3 is 5.97 Å². The molecule has 0 aromatic heterocycles. The van der Waals surface area contributed by atoms with Gasteiger partial charge < -0.3 is 29.5 Å². The number of unbranched alkanes of at least 4 members (excludes halogenated alkanes) is 6. The van der Waals surface area contributed by atoms with Gasteiger partial charge in [-0.25, -0.2) is 0 Å². The van der Waals surface area contributed by atoms with Crippen LogP contribution in [0.2, 0.25) is 0 Å². The van der Waals surface area contributed by atoms with Gasteiger partial charge in [0.1, 0.15) is 31.0 Å². The van der Waals surface area contributed by atoms with Crippen LogP contribution in [0.4, 0.5) is 0 Å². The summed E-state index contributed by atoms with van der Waals surface area (Å²) in [5.74, 6) is 4.40. The fourth-order valence-electron chi connectivity index (χ4n) is 12.1. The van der Waals surface area contributed by atoms with E-state index in [1.165, 1.54) is 76.2 Å². The Balaban J connectivity index is 1.05. The highest BCUT2D eigenvalue weighted by Gasteiger charge is 2.59. The molecule has 320 valence electrons. The molecular formula is C49H82O7. The average Bonchev–Trinajstić information content (AvgIpc) is 3.53. The summed E-state index contributed by atoms with van der Waals surface area (Å²) in [7, 11) is 0. The number of rotatable bonds is 21. The Morgan fingerprint density at radius 2 is 1.61 bits per heavy atom. The number of hydrogen-bond donors (Lipinski definition) is 3. The molecule has 0 bridgehead atoms. The predicted octanol–water partition coefficient (Wildman–Crippen LogP) is 10.8. The minimum Gasteiger partial charge on any atom is -0.463 e. The fourth-order valence-corrected chi connectivity index (χ4v) is 12.1. The first-order valence-corrected chi connectivity index (χ1v) is 23.4. The zero-order valence-electron chi connectivity index (χ0n) is 36.3. The normalized spacial score (nSPS) is 37.7. The van der Waals surface area contributed by atoms with Gasteiger partial charge in [-0.2, -0.15) is 0 Å². The van der Waals surface area contributed by atoms with Crippen LogP contribution in [0.5, 0.6) is 0 Å². The Hall–Kier alpha value is -1.51. The first kappa shape index (κ1) is 45.6. The van der Waals surface area contributed by atoms with E-state index in [1.807, 2.05) is 0 Å². The SMILES string of the molecule is CCCCC/C=C\C/C=C\CCCCCC(=O)OCC1O[C@@H](O[C@H]2CC[C@@]3(C)C(=CC[C@H]4[C@@H]5CC[C@H]([C@H](C)CCCC(C)C)[C@@]5(C)CC[C@@H]43)C2)C(O)C(O)[C@@H]1O. The monoisotopic (exact) mass is 783 g/mol. The number of aliphatic hydroxyl groups is 3. The van der Waals surface area contributed by atoms with Crippen molar-refractivity contribution in [2.75, 3.05) is 6.61 Å². The van der Waals surface area contributed by atoms with Gasteiger partial charge in [0.2, 0.25) is 0 Å². The Labute approximate surface area is 341 Å². The molecule has 1 aliphatic heterocycles. The van der Waals surface area contributed by atoms with Crippen LogP contribution >= 0.6 is 0 Å². The van der Waals surface area contributed by atoms with Crippen LogP contribution in [0.1, 0.15) is 176 Å². The number of carbonyl (C=O) groups is 1. The van der Waals surface area contributed by atoms with Crippen molar-refractivity contribution < 1.29 is 34.3 Å². The van der Waals surface area contributed by atoms with E-state index in [0.717, 1.165) is 87.4 Å². The van der Waals surface area contributed by atoms with Gasteiger partial charge in [-0.05, 0) is 136 Å². The molecule has 7 nitrogen and oxygen atoms in total. The van der Waals surface area contributed by atoms with Crippen LogP contribution in [0.3, 0.4) is 0 Å². The van der Waals surface area contributed by atoms with Crippen molar-refractivity contribution in [2.24, 2.45) is 46.3 Å². The van der Waals surface area contributed by atoms with Gasteiger partial charge in [-0.1, -0.05) is 116 Å². The summed E-state index contributed by atoms with van der Waals surface area (Å²) in [6, 6.07) is 0. The highest BCUT2D eigenvalue weighted by Crippen LogP contribution is 2.67. The van der Waals surface area contributed by atoms with Gasteiger partial charge in [-0.15, -0.1) is 0 Å². The summed E-state index contributed by atoms with van der Waals surface area (Å²) >= 11 is 0. The largest absolute Gasteiger partial charge is 0.463 e. The Morgan fingerprint density at radius 1 is 0.857 bits per heavy atom. The fraction of sp³-hybridized carbons (Fsp3) is 0.857. The van der Waals surface area contributed by atoms with Gasteiger partial charge in [0.15, 0.2) is 6.29 Å². The maximum absolute atomic E-state index is 12.6.